The van der Waals surface area contributed by atoms with E-state index in [2.05, 4.69) is 0 Å². The Morgan fingerprint density at radius 1 is 0.776 bits per heavy atom. The fourth-order valence-electron chi connectivity index (χ4n) is 6.75. The topological polar surface area (TPSA) is 166 Å². The van der Waals surface area contributed by atoms with Crippen LogP contribution in [-0.2, 0) is 28.5 Å². The van der Waals surface area contributed by atoms with Gasteiger partial charge >= 0.3 is 23.9 Å². The molecule has 49 heavy (non-hydrogen) atoms. The van der Waals surface area contributed by atoms with Crippen molar-refractivity contribution >= 4 is 23.9 Å². The SMILES string of the molecule is CC(=O)O[C@@H]1C[C@@H](OC(=O)c2ccccc2)/C(C)=C/[C@H]2[C@@H](OC(=O)c3ccccc3)[C@@H](C)[C@H](O)[C@]2(OC(C)=O)[C@H](O)[C@](C)(O)/C=C/C1(C)C. The van der Waals surface area contributed by atoms with E-state index in [1.165, 1.54) is 26.0 Å². The summed E-state index contributed by atoms with van der Waals surface area (Å²) < 4.78 is 23.7. The first-order chi connectivity index (χ1) is 22.9. The van der Waals surface area contributed by atoms with Crippen LogP contribution in [0.2, 0.25) is 0 Å². The normalized spacial score (nSPS) is 34.4. The average Bonchev–Trinajstić information content (AvgIpc) is 3.23. The molecule has 2 aromatic rings. The maximum Gasteiger partial charge on any atom is 0.338 e. The van der Waals surface area contributed by atoms with E-state index in [9.17, 15) is 34.5 Å². The van der Waals surface area contributed by atoms with Gasteiger partial charge in [-0.15, -0.1) is 0 Å². The molecular weight excluding hydrogens is 632 g/mol. The highest BCUT2D eigenvalue weighted by Crippen LogP contribution is 2.51. The Hall–Kier alpha value is -4.32. The van der Waals surface area contributed by atoms with Gasteiger partial charge in [-0.05, 0) is 43.7 Å². The number of ether oxygens (including phenoxy) is 4. The summed E-state index contributed by atoms with van der Waals surface area (Å²) in [6.45, 7) is 10.4. The van der Waals surface area contributed by atoms with Gasteiger partial charge in [-0.1, -0.05) is 75.4 Å². The van der Waals surface area contributed by atoms with E-state index >= 15 is 0 Å². The molecular formula is C38H46O11. The van der Waals surface area contributed by atoms with E-state index in [0.717, 1.165) is 6.92 Å². The summed E-state index contributed by atoms with van der Waals surface area (Å²) >= 11 is 0. The number of hydrogen-bond acceptors (Lipinski definition) is 11. The lowest BCUT2D eigenvalue weighted by Gasteiger charge is -2.46. The largest absolute Gasteiger partial charge is 0.461 e. The molecule has 0 aromatic heterocycles. The molecule has 2 aliphatic carbocycles. The van der Waals surface area contributed by atoms with E-state index in [0.29, 0.717) is 5.57 Å². The lowest BCUT2D eigenvalue weighted by atomic mass is 9.72. The molecule has 0 aliphatic heterocycles. The Labute approximate surface area is 286 Å². The summed E-state index contributed by atoms with van der Waals surface area (Å²) in [6, 6.07) is 16.5. The van der Waals surface area contributed by atoms with Crippen LogP contribution in [0.25, 0.3) is 0 Å². The van der Waals surface area contributed by atoms with Crippen LogP contribution < -0.4 is 0 Å². The molecule has 0 bridgehead atoms. The van der Waals surface area contributed by atoms with Crippen molar-refractivity contribution in [3.63, 3.8) is 0 Å². The second-order valence-corrected chi connectivity index (χ2v) is 13.8. The number of carbonyl (C=O) groups is 4. The van der Waals surface area contributed by atoms with Crippen molar-refractivity contribution in [2.45, 2.75) is 96.6 Å². The third-order valence-electron chi connectivity index (χ3n) is 9.53. The van der Waals surface area contributed by atoms with E-state index in [1.807, 2.05) is 0 Å². The van der Waals surface area contributed by atoms with Gasteiger partial charge in [-0.3, -0.25) is 9.59 Å². The van der Waals surface area contributed by atoms with Crippen molar-refractivity contribution in [2.24, 2.45) is 17.3 Å². The van der Waals surface area contributed by atoms with Gasteiger partial charge < -0.3 is 34.3 Å². The predicted octanol–water partition coefficient (Wildman–Crippen LogP) is 4.34. The van der Waals surface area contributed by atoms with Crippen molar-refractivity contribution in [3.05, 3.63) is 95.6 Å². The highest BCUT2D eigenvalue weighted by atomic mass is 16.6. The van der Waals surface area contributed by atoms with Gasteiger partial charge in [0, 0.05) is 31.6 Å². The van der Waals surface area contributed by atoms with Crippen molar-refractivity contribution < 1.29 is 53.4 Å². The number of benzene rings is 2. The molecule has 0 spiro atoms. The van der Waals surface area contributed by atoms with Crippen LogP contribution in [0.4, 0.5) is 0 Å². The van der Waals surface area contributed by atoms with Gasteiger partial charge in [-0.25, -0.2) is 9.59 Å². The minimum atomic E-state index is -2.26. The molecule has 11 nitrogen and oxygen atoms in total. The molecule has 0 radical (unpaired) electrons. The monoisotopic (exact) mass is 678 g/mol. The summed E-state index contributed by atoms with van der Waals surface area (Å²) in [4.78, 5) is 52.0. The highest BCUT2D eigenvalue weighted by molar-refractivity contribution is 5.90. The molecule has 1 saturated carbocycles. The molecule has 0 unspecified atom stereocenters. The first kappa shape index (κ1) is 37.5. The Balaban J connectivity index is 1.96. The molecule has 3 N–H and O–H groups in total. The average molecular weight is 679 g/mol. The summed E-state index contributed by atoms with van der Waals surface area (Å²) in [5, 5.41) is 35.8. The van der Waals surface area contributed by atoms with Crippen LogP contribution in [0.3, 0.4) is 0 Å². The van der Waals surface area contributed by atoms with E-state index in [-0.39, 0.29) is 17.5 Å². The molecule has 2 aliphatic rings. The van der Waals surface area contributed by atoms with E-state index in [1.54, 1.807) is 94.4 Å². The van der Waals surface area contributed by atoms with Gasteiger partial charge in [0.2, 0.25) is 0 Å². The van der Waals surface area contributed by atoms with Crippen molar-refractivity contribution in [2.75, 3.05) is 0 Å². The molecule has 0 heterocycles. The molecule has 11 heteroatoms. The Morgan fingerprint density at radius 3 is 1.82 bits per heavy atom. The molecule has 264 valence electrons. The van der Waals surface area contributed by atoms with Crippen molar-refractivity contribution in [1.29, 1.82) is 0 Å². The van der Waals surface area contributed by atoms with Crippen LogP contribution in [0.1, 0.15) is 75.6 Å². The third-order valence-corrected chi connectivity index (χ3v) is 9.53. The highest BCUT2D eigenvalue weighted by Gasteiger charge is 2.68. The van der Waals surface area contributed by atoms with Crippen LogP contribution >= 0.6 is 0 Å². The van der Waals surface area contributed by atoms with Gasteiger partial charge in [0.25, 0.3) is 0 Å². The number of aliphatic hydroxyl groups is 3. The fourth-order valence-corrected chi connectivity index (χ4v) is 6.75. The van der Waals surface area contributed by atoms with Crippen molar-refractivity contribution in [1.82, 2.24) is 0 Å². The third kappa shape index (κ3) is 7.95. The molecule has 0 saturated heterocycles. The summed E-state index contributed by atoms with van der Waals surface area (Å²) in [5.74, 6) is -5.07. The zero-order chi connectivity index (χ0) is 36.3. The molecule has 4 rings (SSSR count). The molecule has 0 amide bonds. The number of hydrogen-bond donors (Lipinski definition) is 3. The Bertz CT molecular complexity index is 1580. The van der Waals surface area contributed by atoms with Crippen LogP contribution in [0.5, 0.6) is 0 Å². The number of esters is 4. The first-order valence-corrected chi connectivity index (χ1v) is 16.3. The minimum absolute atomic E-state index is 0.0393. The number of aliphatic hydroxyl groups excluding tert-OH is 2. The smallest absolute Gasteiger partial charge is 0.338 e. The lowest BCUT2D eigenvalue weighted by molar-refractivity contribution is -0.222. The second kappa shape index (κ2) is 14.7. The zero-order valence-electron chi connectivity index (χ0n) is 28.9. The fraction of sp³-hybridized carbons (Fsp3) is 0.474. The standard InChI is InChI=1S/C38H46O11/c1-22-20-28-31(48-34(43)27-16-12-9-13-17-27)23(2)32(41)38(28,49-25(4)40)35(44)37(7,45)19-18-36(5,6)30(46-24(3)39)21-29(22)47-33(42)26-14-10-8-11-15-26/h8-20,23,28-32,35,41,44-45H,21H2,1-7H3/b19-18+,22-20+/t23-,28+,29-,30-,31+,32+,35-,37-,38+/m1/s1. The van der Waals surface area contributed by atoms with Crippen LogP contribution in [0.15, 0.2) is 84.5 Å². The maximum absolute atomic E-state index is 13.4. The van der Waals surface area contributed by atoms with Crippen LogP contribution in [0, 0.1) is 17.3 Å². The Kier molecular flexibility index (Phi) is 11.2. The van der Waals surface area contributed by atoms with E-state index in [4.69, 9.17) is 18.9 Å². The zero-order valence-corrected chi connectivity index (χ0v) is 28.9. The minimum Gasteiger partial charge on any atom is -0.461 e. The second-order valence-electron chi connectivity index (χ2n) is 13.8. The summed E-state index contributed by atoms with van der Waals surface area (Å²) in [6.07, 6.45) is -2.47. The van der Waals surface area contributed by atoms with Crippen LogP contribution in [-0.4, -0.2) is 80.9 Å². The van der Waals surface area contributed by atoms with Gasteiger partial charge in [0.15, 0.2) is 5.60 Å². The van der Waals surface area contributed by atoms with E-state index < -0.39 is 82.8 Å². The summed E-state index contributed by atoms with van der Waals surface area (Å²) in [5.41, 5.74) is -4.56. The number of rotatable bonds is 6. The van der Waals surface area contributed by atoms with Gasteiger partial charge in [0.05, 0.1) is 17.0 Å². The first-order valence-electron chi connectivity index (χ1n) is 16.3. The van der Waals surface area contributed by atoms with Gasteiger partial charge in [0.1, 0.15) is 36.1 Å². The molecule has 9 atom stereocenters. The van der Waals surface area contributed by atoms with Gasteiger partial charge in [-0.2, -0.15) is 0 Å². The Morgan fingerprint density at radius 2 is 1.31 bits per heavy atom. The lowest BCUT2D eigenvalue weighted by Crippen LogP contribution is -2.64. The maximum atomic E-state index is 13.4. The number of carbonyl (C=O) groups excluding carboxylic acids is 4. The predicted molar refractivity (Wildman–Crippen MR) is 178 cm³/mol. The molecule has 2 aromatic carbocycles. The molecule has 1 fully saturated rings. The van der Waals surface area contributed by atoms with Crippen molar-refractivity contribution in [3.8, 4) is 0 Å². The summed E-state index contributed by atoms with van der Waals surface area (Å²) in [7, 11) is 0. The number of fused-ring (bicyclic) bond motifs is 1. The quantitative estimate of drug-likeness (QED) is 0.226.